The molecule has 0 saturated carbocycles. The van der Waals surface area contributed by atoms with Crippen LogP contribution in [0.4, 0.5) is 14.5 Å². The van der Waals surface area contributed by atoms with Gasteiger partial charge in [0, 0.05) is 0 Å². The highest BCUT2D eigenvalue weighted by atomic mass is 19.2. The van der Waals surface area contributed by atoms with Gasteiger partial charge in [0.2, 0.25) is 0 Å². The maximum atomic E-state index is 13.0. The predicted octanol–water partition coefficient (Wildman–Crippen LogP) is 2.61. The SMILES string of the molecule is Cc1ncc(N)cc1C(=O)OCc1ccc(F)c(F)c1. The predicted molar refractivity (Wildman–Crippen MR) is 68.9 cm³/mol. The zero-order valence-electron chi connectivity index (χ0n) is 10.7. The number of nitrogen functional groups attached to an aromatic ring is 1. The lowest BCUT2D eigenvalue weighted by Crippen LogP contribution is -2.09. The van der Waals surface area contributed by atoms with Gasteiger partial charge in [-0.2, -0.15) is 0 Å². The van der Waals surface area contributed by atoms with E-state index in [2.05, 4.69) is 4.98 Å². The molecular formula is C14H12F2N2O2. The Bertz CT molecular complexity index is 660. The van der Waals surface area contributed by atoms with E-state index >= 15 is 0 Å². The third-order valence-corrected chi connectivity index (χ3v) is 2.68. The monoisotopic (exact) mass is 278 g/mol. The van der Waals surface area contributed by atoms with Crippen molar-refractivity contribution in [2.75, 3.05) is 5.73 Å². The third-order valence-electron chi connectivity index (χ3n) is 2.68. The summed E-state index contributed by atoms with van der Waals surface area (Å²) >= 11 is 0. The van der Waals surface area contributed by atoms with Crippen molar-refractivity contribution < 1.29 is 18.3 Å². The largest absolute Gasteiger partial charge is 0.457 e. The molecule has 104 valence electrons. The number of hydrogen-bond donors (Lipinski definition) is 1. The molecular weight excluding hydrogens is 266 g/mol. The van der Waals surface area contributed by atoms with Gasteiger partial charge in [-0.25, -0.2) is 13.6 Å². The molecule has 2 rings (SSSR count). The molecule has 0 fully saturated rings. The number of carbonyl (C=O) groups excluding carboxylic acids is 1. The summed E-state index contributed by atoms with van der Waals surface area (Å²) in [6.07, 6.45) is 1.43. The van der Waals surface area contributed by atoms with E-state index in [-0.39, 0.29) is 12.2 Å². The van der Waals surface area contributed by atoms with Gasteiger partial charge in [0.25, 0.3) is 0 Å². The standard InChI is InChI=1S/C14H12F2N2O2/c1-8-11(5-10(17)6-18-8)14(19)20-7-9-2-3-12(15)13(16)4-9/h2-6H,7,17H2,1H3. The molecule has 2 aromatic rings. The molecule has 0 aliphatic heterocycles. The molecule has 0 aliphatic carbocycles. The van der Waals surface area contributed by atoms with Crippen molar-refractivity contribution in [3.63, 3.8) is 0 Å². The summed E-state index contributed by atoms with van der Waals surface area (Å²) < 4.78 is 30.8. The summed E-state index contributed by atoms with van der Waals surface area (Å²) in [7, 11) is 0. The number of benzene rings is 1. The highest BCUT2D eigenvalue weighted by Crippen LogP contribution is 2.14. The van der Waals surface area contributed by atoms with Gasteiger partial charge in [0.05, 0.1) is 23.1 Å². The van der Waals surface area contributed by atoms with E-state index in [0.29, 0.717) is 16.9 Å². The lowest BCUT2D eigenvalue weighted by Gasteiger charge is -2.07. The summed E-state index contributed by atoms with van der Waals surface area (Å²) in [6.45, 7) is 1.48. The molecule has 0 aliphatic rings. The van der Waals surface area contributed by atoms with Crippen LogP contribution < -0.4 is 5.73 Å². The van der Waals surface area contributed by atoms with E-state index in [1.807, 2.05) is 0 Å². The van der Waals surface area contributed by atoms with Crippen molar-refractivity contribution in [1.82, 2.24) is 4.98 Å². The van der Waals surface area contributed by atoms with Crippen LogP contribution in [-0.4, -0.2) is 11.0 Å². The molecule has 6 heteroatoms. The number of aryl methyl sites for hydroxylation is 1. The van der Waals surface area contributed by atoms with E-state index < -0.39 is 17.6 Å². The second-order valence-corrected chi connectivity index (χ2v) is 4.23. The van der Waals surface area contributed by atoms with E-state index in [9.17, 15) is 13.6 Å². The van der Waals surface area contributed by atoms with E-state index in [1.54, 1.807) is 6.92 Å². The van der Waals surface area contributed by atoms with Crippen LogP contribution in [0.2, 0.25) is 0 Å². The fraction of sp³-hybridized carbons (Fsp3) is 0.143. The van der Waals surface area contributed by atoms with Crippen LogP contribution in [0, 0.1) is 18.6 Å². The van der Waals surface area contributed by atoms with Crippen LogP contribution in [0.15, 0.2) is 30.5 Å². The summed E-state index contributed by atoms with van der Waals surface area (Å²) in [4.78, 5) is 15.8. The second kappa shape index (κ2) is 5.64. The molecule has 0 saturated heterocycles. The number of esters is 1. The summed E-state index contributed by atoms with van der Waals surface area (Å²) in [5.41, 5.74) is 6.97. The maximum Gasteiger partial charge on any atom is 0.340 e. The number of nitrogens with two attached hydrogens (primary N) is 1. The van der Waals surface area contributed by atoms with Gasteiger partial charge in [-0.05, 0) is 30.7 Å². The van der Waals surface area contributed by atoms with Crippen molar-refractivity contribution in [2.45, 2.75) is 13.5 Å². The lowest BCUT2D eigenvalue weighted by molar-refractivity contribution is 0.0471. The van der Waals surface area contributed by atoms with Crippen molar-refractivity contribution in [3.05, 3.63) is 58.9 Å². The fourth-order valence-electron chi connectivity index (χ4n) is 1.61. The van der Waals surface area contributed by atoms with Crippen LogP contribution in [-0.2, 0) is 11.3 Å². The number of pyridine rings is 1. The Morgan fingerprint density at radius 2 is 2.05 bits per heavy atom. The molecule has 4 nitrogen and oxygen atoms in total. The Balaban J connectivity index is 2.08. The molecule has 0 unspecified atom stereocenters. The third kappa shape index (κ3) is 3.09. The van der Waals surface area contributed by atoms with Gasteiger partial charge in [-0.1, -0.05) is 6.07 Å². The lowest BCUT2D eigenvalue weighted by atomic mass is 10.2. The average Bonchev–Trinajstić information content (AvgIpc) is 2.42. The number of ether oxygens (including phenoxy) is 1. The summed E-state index contributed by atoms with van der Waals surface area (Å²) in [5.74, 6) is -2.55. The van der Waals surface area contributed by atoms with Crippen LogP contribution >= 0.6 is 0 Å². The second-order valence-electron chi connectivity index (χ2n) is 4.23. The number of halogens is 2. The molecule has 0 spiro atoms. The van der Waals surface area contributed by atoms with E-state index in [0.717, 1.165) is 12.1 Å². The molecule has 1 aromatic carbocycles. The van der Waals surface area contributed by atoms with Crippen molar-refractivity contribution in [2.24, 2.45) is 0 Å². The van der Waals surface area contributed by atoms with E-state index in [4.69, 9.17) is 10.5 Å². The number of nitrogens with zero attached hydrogens (tertiary/aromatic N) is 1. The maximum absolute atomic E-state index is 13.0. The molecule has 0 bridgehead atoms. The van der Waals surface area contributed by atoms with Crippen molar-refractivity contribution >= 4 is 11.7 Å². The molecule has 0 radical (unpaired) electrons. The van der Waals surface area contributed by atoms with Gasteiger partial charge in [-0.15, -0.1) is 0 Å². The minimum Gasteiger partial charge on any atom is -0.457 e. The van der Waals surface area contributed by atoms with Crippen LogP contribution in [0.25, 0.3) is 0 Å². The van der Waals surface area contributed by atoms with Crippen molar-refractivity contribution in [3.8, 4) is 0 Å². The summed E-state index contributed by atoms with van der Waals surface area (Å²) in [5, 5.41) is 0. The minimum atomic E-state index is -0.986. The smallest absolute Gasteiger partial charge is 0.340 e. The molecule has 2 N–H and O–H groups in total. The highest BCUT2D eigenvalue weighted by Gasteiger charge is 2.12. The fourth-order valence-corrected chi connectivity index (χ4v) is 1.61. The molecule has 0 amide bonds. The van der Waals surface area contributed by atoms with Gasteiger partial charge in [-0.3, -0.25) is 4.98 Å². The molecule has 0 atom stereocenters. The number of anilines is 1. The van der Waals surface area contributed by atoms with Crippen LogP contribution in [0.5, 0.6) is 0 Å². The van der Waals surface area contributed by atoms with Crippen LogP contribution in [0.3, 0.4) is 0 Å². The Kier molecular flexibility index (Phi) is 3.93. The minimum absolute atomic E-state index is 0.162. The average molecular weight is 278 g/mol. The van der Waals surface area contributed by atoms with Gasteiger partial charge in [0.15, 0.2) is 11.6 Å². The quantitative estimate of drug-likeness (QED) is 0.876. The summed E-state index contributed by atoms with van der Waals surface area (Å²) in [6, 6.07) is 4.75. The number of rotatable bonds is 3. The van der Waals surface area contributed by atoms with Crippen LogP contribution in [0.1, 0.15) is 21.6 Å². The normalized spacial score (nSPS) is 10.3. The Hall–Kier alpha value is -2.50. The Labute approximate surface area is 114 Å². The van der Waals surface area contributed by atoms with Gasteiger partial charge in [0.1, 0.15) is 6.61 Å². The zero-order valence-corrected chi connectivity index (χ0v) is 10.7. The van der Waals surface area contributed by atoms with E-state index in [1.165, 1.54) is 18.3 Å². The molecule has 20 heavy (non-hydrogen) atoms. The molecule has 1 heterocycles. The number of carbonyl (C=O) groups is 1. The zero-order chi connectivity index (χ0) is 14.7. The Morgan fingerprint density at radius 1 is 1.30 bits per heavy atom. The molecule has 1 aromatic heterocycles. The van der Waals surface area contributed by atoms with Gasteiger partial charge < -0.3 is 10.5 Å². The first-order valence-corrected chi connectivity index (χ1v) is 5.80. The number of aromatic nitrogens is 1. The highest BCUT2D eigenvalue weighted by molar-refractivity contribution is 5.91. The first-order valence-electron chi connectivity index (χ1n) is 5.80. The number of hydrogen-bond acceptors (Lipinski definition) is 4. The van der Waals surface area contributed by atoms with Crippen molar-refractivity contribution in [1.29, 1.82) is 0 Å². The first kappa shape index (κ1) is 13.9. The Morgan fingerprint density at radius 3 is 2.75 bits per heavy atom. The topological polar surface area (TPSA) is 65.2 Å². The van der Waals surface area contributed by atoms with Gasteiger partial charge >= 0.3 is 5.97 Å². The first-order chi connectivity index (χ1) is 9.47.